The lowest BCUT2D eigenvalue weighted by Crippen LogP contribution is -2.61. The third kappa shape index (κ3) is 5.22. The van der Waals surface area contributed by atoms with Gasteiger partial charge in [-0.25, -0.2) is 0 Å². The molecule has 1 spiro atoms. The number of carbonyl (C=O) groups excluding carboxylic acids is 3. The van der Waals surface area contributed by atoms with Gasteiger partial charge in [-0.3, -0.25) is 14.4 Å². The maximum Gasteiger partial charge on any atom is 0.246 e. The number of carbonyl (C=O) groups is 3. The van der Waals surface area contributed by atoms with Crippen LogP contribution in [0.25, 0.3) is 0 Å². The summed E-state index contributed by atoms with van der Waals surface area (Å²) in [6.07, 6.45) is 2.34. The van der Waals surface area contributed by atoms with Crippen LogP contribution in [0.2, 0.25) is 0 Å². The lowest BCUT2D eigenvalue weighted by atomic mass is 9.65. The summed E-state index contributed by atoms with van der Waals surface area (Å²) in [6.45, 7) is 16.2. The number of ether oxygens (including phenoxy) is 2. The highest BCUT2D eigenvalue weighted by Crippen LogP contribution is 2.64. The smallest absolute Gasteiger partial charge is 0.246 e. The second-order valence-corrected chi connectivity index (χ2v) is 13.7. The van der Waals surface area contributed by atoms with Crippen molar-refractivity contribution in [2.24, 2.45) is 17.3 Å². The molecule has 6 atom stereocenters. The number of benzene rings is 1. The summed E-state index contributed by atoms with van der Waals surface area (Å²) in [5.74, 6) is -1.78. The van der Waals surface area contributed by atoms with Gasteiger partial charge in [0.25, 0.3) is 0 Å². The average molecular weight is 558 g/mol. The average Bonchev–Trinajstić information content (AvgIpc) is 3.46. The van der Waals surface area contributed by atoms with E-state index in [1.54, 1.807) is 31.2 Å². The number of fused-ring (bicyclic) bond motifs is 1. The third-order valence-corrected chi connectivity index (χ3v) is 8.76. The van der Waals surface area contributed by atoms with Crippen LogP contribution in [0.15, 0.2) is 24.3 Å². The maximum absolute atomic E-state index is 14.2. The van der Waals surface area contributed by atoms with Gasteiger partial charge in [0.05, 0.1) is 36.7 Å². The van der Waals surface area contributed by atoms with Gasteiger partial charge in [-0.2, -0.15) is 0 Å². The van der Waals surface area contributed by atoms with Gasteiger partial charge in [0.15, 0.2) is 0 Å². The molecule has 2 bridgehead atoms. The van der Waals surface area contributed by atoms with Gasteiger partial charge in [0.2, 0.25) is 17.7 Å². The number of amides is 3. The Morgan fingerprint density at radius 3 is 2.33 bits per heavy atom. The molecule has 40 heavy (non-hydrogen) atoms. The Hall–Kier alpha value is -2.65. The molecule has 3 fully saturated rings. The molecule has 0 saturated carbocycles. The SMILES string of the molecule is CCOc1ccc(NC(=O)[C@H]2[C@H]3C(=O)N([C@H](C)CO)C(C(=O)NC(C)(C)CC(C)(C)C)C34CC[C@]2(CC)O4)cc1. The van der Waals surface area contributed by atoms with Crippen molar-refractivity contribution in [2.75, 3.05) is 18.5 Å². The number of nitrogens with zero attached hydrogens (tertiary/aromatic N) is 1. The standard InChI is InChI=1S/C31H47N3O6/c1-9-30-15-16-31(40-30)23(22(30)25(36)32-20-11-13-21(14-12-20)39-10-2)27(38)34(19(3)17-35)24(31)26(37)33-29(7,8)18-28(4,5)6/h11-14,19,22-24,35H,9-10,15-18H2,1-8H3,(H,32,36)(H,33,37)/t19-,22-,23+,24?,30+,31?/m1/s1. The lowest BCUT2D eigenvalue weighted by molar-refractivity contribution is -0.150. The van der Waals surface area contributed by atoms with Crippen LogP contribution in [0.3, 0.4) is 0 Å². The van der Waals surface area contributed by atoms with Gasteiger partial charge >= 0.3 is 0 Å². The molecule has 0 aromatic heterocycles. The molecule has 3 aliphatic rings. The summed E-state index contributed by atoms with van der Waals surface area (Å²) in [5, 5.41) is 16.3. The van der Waals surface area contributed by atoms with Gasteiger partial charge in [-0.15, -0.1) is 0 Å². The first-order valence-corrected chi connectivity index (χ1v) is 14.6. The minimum atomic E-state index is -1.14. The minimum Gasteiger partial charge on any atom is -0.494 e. The number of hydrogen-bond acceptors (Lipinski definition) is 6. The molecule has 9 heteroatoms. The van der Waals surface area contributed by atoms with Crippen LogP contribution < -0.4 is 15.4 Å². The normalized spacial score (nSPS) is 30.3. The summed E-state index contributed by atoms with van der Waals surface area (Å²) in [7, 11) is 0. The zero-order valence-corrected chi connectivity index (χ0v) is 25.3. The topological polar surface area (TPSA) is 117 Å². The number of aliphatic hydroxyl groups excluding tert-OH is 1. The molecule has 1 aromatic rings. The quantitative estimate of drug-likeness (QED) is 0.402. The number of nitrogens with one attached hydrogen (secondary N) is 2. The molecule has 4 rings (SSSR count). The van der Waals surface area contributed by atoms with E-state index in [0.717, 1.165) is 6.42 Å². The van der Waals surface area contributed by atoms with Crippen molar-refractivity contribution in [3.63, 3.8) is 0 Å². The Balaban J connectivity index is 1.69. The highest BCUT2D eigenvalue weighted by molar-refractivity contribution is 6.02. The van der Waals surface area contributed by atoms with Crippen LogP contribution in [0, 0.1) is 17.3 Å². The van der Waals surface area contributed by atoms with Gasteiger partial charge < -0.3 is 30.1 Å². The summed E-state index contributed by atoms with van der Waals surface area (Å²) >= 11 is 0. The summed E-state index contributed by atoms with van der Waals surface area (Å²) < 4.78 is 12.3. The van der Waals surface area contributed by atoms with Crippen molar-refractivity contribution in [2.45, 2.75) is 110 Å². The Kier molecular flexibility index (Phi) is 8.06. The van der Waals surface area contributed by atoms with Crippen molar-refractivity contribution < 1.29 is 29.0 Å². The summed E-state index contributed by atoms with van der Waals surface area (Å²) in [4.78, 5) is 43.7. The minimum absolute atomic E-state index is 0.0280. The zero-order chi connectivity index (χ0) is 29.7. The van der Waals surface area contributed by atoms with Gasteiger partial charge in [-0.1, -0.05) is 27.7 Å². The summed E-state index contributed by atoms with van der Waals surface area (Å²) in [5.41, 5.74) is -1.95. The van der Waals surface area contributed by atoms with E-state index in [1.807, 2.05) is 27.7 Å². The predicted octanol–water partition coefficient (Wildman–Crippen LogP) is 3.89. The molecule has 0 radical (unpaired) electrons. The Bertz CT molecular complexity index is 1130. The second kappa shape index (κ2) is 10.6. The molecular weight excluding hydrogens is 510 g/mol. The molecule has 9 nitrogen and oxygen atoms in total. The Morgan fingerprint density at radius 1 is 1.12 bits per heavy atom. The van der Waals surface area contributed by atoms with E-state index in [2.05, 4.69) is 31.4 Å². The first-order valence-electron chi connectivity index (χ1n) is 14.6. The van der Waals surface area contributed by atoms with Crippen LogP contribution in [0.1, 0.15) is 81.1 Å². The number of likely N-dealkylation sites (tertiary alicyclic amines) is 1. The van der Waals surface area contributed by atoms with E-state index in [1.165, 1.54) is 4.90 Å². The van der Waals surface area contributed by atoms with Gasteiger partial charge in [0, 0.05) is 11.2 Å². The Morgan fingerprint density at radius 2 is 1.77 bits per heavy atom. The largest absolute Gasteiger partial charge is 0.494 e. The number of aliphatic hydroxyl groups is 1. The highest BCUT2D eigenvalue weighted by atomic mass is 16.5. The van der Waals surface area contributed by atoms with E-state index >= 15 is 0 Å². The monoisotopic (exact) mass is 557 g/mol. The van der Waals surface area contributed by atoms with Crippen LogP contribution >= 0.6 is 0 Å². The second-order valence-electron chi connectivity index (χ2n) is 13.7. The molecule has 0 aliphatic carbocycles. The van der Waals surface area contributed by atoms with E-state index in [9.17, 15) is 19.5 Å². The van der Waals surface area contributed by atoms with Crippen molar-refractivity contribution in [3.05, 3.63) is 24.3 Å². The van der Waals surface area contributed by atoms with Crippen molar-refractivity contribution in [1.82, 2.24) is 10.2 Å². The first-order chi connectivity index (χ1) is 18.6. The molecule has 3 heterocycles. The van der Waals surface area contributed by atoms with Crippen molar-refractivity contribution in [1.29, 1.82) is 0 Å². The number of hydrogen-bond donors (Lipinski definition) is 3. The molecule has 3 aliphatic heterocycles. The lowest BCUT2D eigenvalue weighted by Gasteiger charge is -2.39. The van der Waals surface area contributed by atoms with E-state index < -0.39 is 40.7 Å². The zero-order valence-electron chi connectivity index (χ0n) is 25.3. The van der Waals surface area contributed by atoms with Crippen LogP contribution in [0.4, 0.5) is 5.69 Å². The van der Waals surface area contributed by atoms with E-state index in [4.69, 9.17) is 9.47 Å². The van der Waals surface area contributed by atoms with Crippen LogP contribution in [-0.4, -0.2) is 69.8 Å². The van der Waals surface area contributed by atoms with Crippen LogP contribution in [-0.2, 0) is 19.1 Å². The molecule has 3 N–H and O–H groups in total. The maximum atomic E-state index is 14.2. The fraction of sp³-hybridized carbons (Fsp3) is 0.710. The fourth-order valence-corrected chi connectivity index (χ4v) is 7.71. The molecular formula is C31H47N3O6. The third-order valence-electron chi connectivity index (χ3n) is 8.76. The molecule has 222 valence electrons. The number of rotatable bonds is 10. The Labute approximate surface area is 238 Å². The fourth-order valence-electron chi connectivity index (χ4n) is 7.71. The van der Waals surface area contributed by atoms with Gasteiger partial charge in [-0.05, 0) is 83.1 Å². The van der Waals surface area contributed by atoms with E-state index in [-0.39, 0.29) is 29.7 Å². The van der Waals surface area contributed by atoms with E-state index in [0.29, 0.717) is 37.3 Å². The molecule has 2 unspecified atom stereocenters. The molecule has 1 aromatic carbocycles. The highest BCUT2D eigenvalue weighted by Gasteiger charge is 2.79. The first kappa shape index (κ1) is 30.3. The van der Waals surface area contributed by atoms with Crippen LogP contribution in [0.5, 0.6) is 5.75 Å². The molecule has 3 amide bonds. The summed E-state index contributed by atoms with van der Waals surface area (Å²) in [6, 6.07) is 5.58. The van der Waals surface area contributed by atoms with Crippen molar-refractivity contribution in [3.8, 4) is 5.75 Å². The van der Waals surface area contributed by atoms with Gasteiger partial charge in [0.1, 0.15) is 17.4 Å². The number of anilines is 1. The predicted molar refractivity (Wildman–Crippen MR) is 153 cm³/mol. The van der Waals surface area contributed by atoms with Crippen molar-refractivity contribution >= 4 is 23.4 Å². The molecule has 3 saturated heterocycles.